The Morgan fingerprint density at radius 3 is 2.73 bits per heavy atom. The number of para-hydroxylation sites is 1. The first-order valence-corrected chi connectivity index (χ1v) is 3.19. The Hall–Kier alpha value is -0.773. The van der Waals surface area contributed by atoms with E-state index >= 15 is 0 Å². The molecule has 0 unspecified atom stereocenters. The molecular weight excluding hydrogens is 129 g/mol. The molecule has 0 radical (unpaired) electrons. The summed E-state index contributed by atoms with van der Waals surface area (Å²) in [5.41, 5.74) is 1.00. The van der Waals surface area contributed by atoms with Gasteiger partial charge in [-0.1, -0.05) is 30.5 Å². The van der Waals surface area contributed by atoms with E-state index < -0.39 is 0 Å². The molecule has 0 aliphatic rings. The second kappa shape index (κ2) is 3.57. The second-order valence-corrected chi connectivity index (χ2v) is 2.13. The predicted octanol–water partition coefficient (Wildman–Crippen LogP) is -0.961. The third-order valence-electron chi connectivity index (χ3n) is 1.46. The van der Waals surface area contributed by atoms with Gasteiger partial charge < -0.3 is 4.98 Å². The average molecular weight is 135 g/mol. The van der Waals surface area contributed by atoms with Gasteiger partial charge in [0.2, 0.25) is 0 Å². The number of hydrogen-bond acceptors (Lipinski definition) is 1. The molecule has 2 rings (SSSR count). The van der Waals surface area contributed by atoms with Gasteiger partial charge in [-0.25, -0.2) is 0 Å². The minimum Gasteiger partial charge on any atom is -0.386 e. The van der Waals surface area contributed by atoms with Gasteiger partial charge in [-0.05, 0) is 5.52 Å². The molecule has 2 aromatic rings. The van der Waals surface area contributed by atoms with Gasteiger partial charge in [0, 0.05) is 0 Å². The van der Waals surface area contributed by atoms with Crippen LogP contribution in [-0.4, -0.2) is 4.98 Å². The summed E-state index contributed by atoms with van der Waals surface area (Å²) >= 11 is 0. The second-order valence-electron chi connectivity index (χ2n) is 2.13. The van der Waals surface area contributed by atoms with Gasteiger partial charge in [-0.3, -0.25) is 0 Å². The van der Waals surface area contributed by atoms with E-state index in [2.05, 4.69) is 11.2 Å². The first kappa shape index (κ1) is 8.33. The van der Waals surface area contributed by atoms with Crippen molar-refractivity contribution in [1.82, 2.24) is 4.98 Å². The van der Waals surface area contributed by atoms with Crippen LogP contribution in [0, 0.1) is 6.20 Å². The SMILES string of the molecule is [Li+].[c-]1ccc2ccccc2n1. The van der Waals surface area contributed by atoms with Crippen LogP contribution in [0.15, 0.2) is 36.4 Å². The largest absolute Gasteiger partial charge is 1.00 e. The van der Waals surface area contributed by atoms with Crippen LogP contribution < -0.4 is 18.9 Å². The van der Waals surface area contributed by atoms with Crippen LogP contribution in [0.3, 0.4) is 0 Å². The van der Waals surface area contributed by atoms with Gasteiger partial charge in [0.1, 0.15) is 0 Å². The molecule has 0 amide bonds. The topological polar surface area (TPSA) is 12.9 Å². The van der Waals surface area contributed by atoms with Crippen LogP contribution in [0.2, 0.25) is 0 Å². The maximum Gasteiger partial charge on any atom is 1.00 e. The molecule has 0 bridgehead atoms. The zero-order chi connectivity index (χ0) is 6.81. The first-order valence-electron chi connectivity index (χ1n) is 3.19. The summed E-state index contributed by atoms with van der Waals surface area (Å²) in [6, 6.07) is 11.8. The minimum atomic E-state index is 0. The predicted molar refractivity (Wildman–Crippen MR) is 40.6 cm³/mol. The van der Waals surface area contributed by atoms with E-state index in [0.29, 0.717) is 0 Å². The van der Waals surface area contributed by atoms with E-state index in [0.717, 1.165) is 5.52 Å². The number of aromatic nitrogens is 1. The minimum absolute atomic E-state index is 0. The Kier molecular flexibility index (Phi) is 2.70. The number of rotatable bonds is 0. The van der Waals surface area contributed by atoms with Crippen LogP contribution in [0.4, 0.5) is 0 Å². The molecule has 0 fully saturated rings. The molecule has 0 aliphatic heterocycles. The van der Waals surface area contributed by atoms with E-state index in [1.807, 2.05) is 36.4 Å². The molecule has 0 N–H and O–H groups in total. The third-order valence-corrected chi connectivity index (χ3v) is 1.46. The Labute approximate surface area is 77.6 Å². The zero-order valence-electron chi connectivity index (χ0n) is 6.41. The van der Waals surface area contributed by atoms with Gasteiger partial charge in [-0.15, -0.1) is 5.39 Å². The van der Waals surface area contributed by atoms with Crippen LogP contribution >= 0.6 is 0 Å². The molecule has 0 atom stereocenters. The fourth-order valence-corrected chi connectivity index (χ4v) is 0.964. The summed E-state index contributed by atoms with van der Waals surface area (Å²) in [6.45, 7) is 0. The van der Waals surface area contributed by atoms with Gasteiger partial charge in [0.25, 0.3) is 0 Å². The summed E-state index contributed by atoms with van der Waals surface area (Å²) in [5, 5.41) is 1.17. The summed E-state index contributed by atoms with van der Waals surface area (Å²) in [7, 11) is 0. The summed E-state index contributed by atoms with van der Waals surface area (Å²) < 4.78 is 0. The molecule has 0 saturated carbocycles. The molecule has 2 heteroatoms. The Morgan fingerprint density at radius 1 is 1.09 bits per heavy atom. The molecule has 1 aromatic carbocycles. The molecular formula is C9H6LiN. The van der Waals surface area contributed by atoms with Crippen LogP contribution in [0.1, 0.15) is 0 Å². The van der Waals surface area contributed by atoms with Crippen LogP contribution in [0.25, 0.3) is 10.9 Å². The van der Waals surface area contributed by atoms with Crippen molar-refractivity contribution < 1.29 is 18.9 Å². The van der Waals surface area contributed by atoms with Gasteiger partial charge >= 0.3 is 18.9 Å². The molecule has 1 heterocycles. The van der Waals surface area contributed by atoms with Crippen molar-refractivity contribution >= 4 is 10.9 Å². The Morgan fingerprint density at radius 2 is 1.91 bits per heavy atom. The Bertz CT molecular complexity index is 281. The van der Waals surface area contributed by atoms with E-state index in [9.17, 15) is 0 Å². The summed E-state index contributed by atoms with van der Waals surface area (Å²) in [5.74, 6) is 0. The fourth-order valence-electron chi connectivity index (χ4n) is 0.964. The zero-order valence-corrected chi connectivity index (χ0v) is 6.41. The molecule has 1 nitrogen and oxygen atoms in total. The van der Waals surface area contributed by atoms with Crippen molar-refractivity contribution in [1.29, 1.82) is 0 Å². The van der Waals surface area contributed by atoms with Crippen LogP contribution in [-0.2, 0) is 0 Å². The molecule has 48 valence electrons. The van der Waals surface area contributed by atoms with Crippen molar-refractivity contribution in [3.05, 3.63) is 42.6 Å². The average Bonchev–Trinajstić information content (AvgIpc) is 2.05. The molecule has 0 saturated heterocycles. The van der Waals surface area contributed by atoms with Crippen molar-refractivity contribution in [3.8, 4) is 0 Å². The number of benzene rings is 1. The van der Waals surface area contributed by atoms with E-state index in [4.69, 9.17) is 0 Å². The maximum absolute atomic E-state index is 4.06. The van der Waals surface area contributed by atoms with E-state index in [1.54, 1.807) is 0 Å². The third kappa shape index (κ3) is 1.62. The van der Waals surface area contributed by atoms with Crippen molar-refractivity contribution in [2.75, 3.05) is 0 Å². The number of nitrogens with zero attached hydrogens (tertiary/aromatic N) is 1. The van der Waals surface area contributed by atoms with E-state index in [-0.39, 0.29) is 18.9 Å². The fraction of sp³-hybridized carbons (Fsp3) is 0. The molecule has 0 spiro atoms. The number of fused-ring (bicyclic) bond motifs is 1. The standard InChI is InChI=1S/C9H6N.Li/c1-2-6-9-8(4-1)5-3-7-10-9;/h1-6H;/q-1;+1. The van der Waals surface area contributed by atoms with Crippen molar-refractivity contribution in [2.24, 2.45) is 0 Å². The van der Waals surface area contributed by atoms with Gasteiger partial charge in [-0.2, -0.15) is 12.1 Å². The van der Waals surface area contributed by atoms with E-state index in [1.165, 1.54) is 5.39 Å². The quantitative estimate of drug-likeness (QED) is 0.335. The summed E-state index contributed by atoms with van der Waals surface area (Å²) in [4.78, 5) is 4.06. The van der Waals surface area contributed by atoms with Crippen molar-refractivity contribution in [2.45, 2.75) is 0 Å². The normalized spacial score (nSPS) is 9.09. The Balaban J connectivity index is 0.000000605. The monoisotopic (exact) mass is 135 g/mol. The molecule has 0 aliphatic carbocycles. The number of hydrogen-bond donors (Lipinski definition) is 0. The smallest absolute Gasteiger partial charge is 0.386 e. The first-order chi connectivity index (χ1) is 4.97. The van der Waals surface area contributed by atoms with Crippen molar-refractivity contribution in [3.63, 3.8) is 0 Å². The van der Waals surface area contributed by atoms with Gasteiger partial charge in [0.15, 0.2) is 0 Å². The van der Waals surface area contributed by atoms with Crippen LogP contribution in [0.5, 0.6) is 0 Å². The maximum atomic E-state index is 4.06. The number of pyridine rings is 1. The molecule has 1 aromatic heterocycles. The summed E-state index contributed by atoms with van der Waals surface area (Å²) in [6.07, 6.45) is 2.79. The van der Waals surface area contributed by atoms with Gasteiger partial charge in [0.05, 0.1) is 0 Å². The molecule has 11 heavy (non-hydrogen) atoms.